The zero-order valence-electron chi connectivity index (χ0n) is 7.96. The fourth-order valence-electron chi connectivity index (χ4n) is 1.21. The van der Waals surface area contributed by atoms with Crippen molar-refractivity contribution in [3.8, 4) is 6.07 Å². The number of pyridine rings is 1. The monoisotopic (exact) mass is 196 g/mol. The highest BCUT2D eigenvalue weighted by atomic mass is 19.3. The Labute approximate surface area is 81.2 Å². The molecule has 1 aromatic rings. The minimum Gasteiger partial charge on any atom is -0.259 e. The number of hydrogen-bond acceptors (Lipinski definition) is 2. The number of rotatable bonds is 2. The van der Waals surface area contributed by atoms with Gasteiger partial charge in [0.05, 0.1) is 11.3 Å². The Hall–Kier alpha value is -1.50. The van der Waals surface area contributed by atoms with Crippen molar-refractivity contribution in [3.63, 3.8) is 0 Å². The average molecular weight is 196 g/mol. The minimum atomic E-state index is -2.58. The topological polar surface area (TPSA) is 36.7 Å². The summed E-state index contributed by atoms with van der Waals surface area (Å²) < 4.78 is 25.1. The van der Waals surface area contributed by atoms with E-state index in [4.69, 9.17) is 5.26 Å². The first kappa shape index (κ1) is 10.6. The van der Waals surface area contributed by atoms with Gasteiger partial charge in [-0.25, -0.2) is 8.78 Å². The second kappa shape index (κ2) is 4.14. The fraction of sp³-hybridized carbons (Fsp3) is 0.400. The summed E-state index contributed by atoms with van der Waals surface area (Å²) in [6.07, 6.45) is -1.26. The quantitative estimate of drug-likeness (QED) is 0.729. The van der Waals surface area contributed by atoms with Gasteiger partial charge in [-0.05, 0) is 12.0 Å². The van der Waals surface area contributed by atoms with Gasteiger partial charge in [0, 0.05) is 11.8 Å². The maximum atomic E-state index is 12.6. The van der Waals surface area contributed by atoms with E-state index in [1.165, 1.54) is 12.3 Å². The lowest BCUT2D eigenvalue weighted by Crippen LogP contribution is -2.01. The summed E-state index contributed by atoms with van der Waals surface area (Å²) in [5.74, 6) is -0.0632. The van der Waals surface area contributed by atoms with Crippen molar-refractivity contribution >= 4 is 0 Å². The largest absolute Gasteiger partial charge is 0.265 e. The number of nitriles is 1. The second-order valence-corrected chi connectivity index (χ2v) is 3.27. The van der Waals surface area contributed by atoms with E-state index in [-0.39, 0.29) is 17.0 Å². The van der Waals surface area contributed by atoms with Crippen LogP contribution in [-0.4, -0.2) is 4.98 Å². The second-order valence-electron chi connectivity index (χ2n) is 3.27. The van der Waals surface area contributed by atoms with Gasteiger partial charge in [0.2, 0.25) is 0 Å². The standard InChI is InChI=1S/C10H10F2N2/c1-6(2)9-8(10(11)12)3-7(4-13)5-14-9/h3,5-6,10H,1-2H3. The lowest BCUT2D eigenvalue weighted by molar-refractivity contribution is 0.149. The lowest BCUT2D eigenvalue weighted by atomic mass is 10.0. The van der Waals surface area contributed by atoms with Crippen LogP contribution in [0, 0.1) is 11.3 Å². The fourth-order valence-corrected chi connectivity index (χ4v) is 1.21. The molecule has 1 heterocycles. The molecule has 0 aliphatic rings. The van der Waals surface area contributed by atoms with E-state index in [0.29, 0.717) is 5.69 Å². The SMILES string of the molecule is CC(C)c1ncc(C#N)cc1C(F)F. The molecule has 0 aliphatic heterocycles. The summed E-state index contributed by atoms with van der Waals surface area (Å²) in [4.78, 5) is 3.87. The van der Waals surface area contributed by atoms with Gasteiger partial charge in [0.15, 0.2) is 0 Å². The molecule has 1 aromatic heterocycles. The molecule has 0 amide bonds. The molecule has 0 aromatic carbocycles. The van der Waals surface area contributed by atoms with Crippen LogP contribution in [0.3, 0.4) is 0 Å². The smallest absolute Gasteiger partial charge is 0.259 e. The number of nitrogens with zero attached hydrogens (tertiary/aromatic N) is 2. The van der Waals surface area contributed by atoms with Gasteiger partial charge in [-0.2, -0.15) is 5.26 Å². The first-order valence-corrected chi connectivity index (χ1v) is 4.24. The Kier molecular flexibility index (Phi) is 3.13. The molecule has 74 valence electrons. The molecule has 2 nitrogen and oxygen atoms in total. The third-order valence-electron chi connectivity index (χ3n) is 1.86. The molecular formula is C10H10F2N2. The van der Waals surface area contributed by atoms with Crippen LogP contribution in [0.2, 0.25) is 0 Å². The third-order valence-corrected chi connectivity index (χ3v) is 1.86. The van der Waals surface area contributed by atoms with E-state index in [1.807, 2.05) is 0 Å². The molecule has 0 bridgehead atoms. The Morgan fingerprint density at radius 2 is 2.07 bits per heavy atom. The van der Waals surface area contributed by atoms with Crippen LogP contribution in [0.1, 0.15) is 43.0 Å². The third kappa shape index (κ3) is 2.05. The predicted octanol–water partition coefficient (Wildman–Crippen LogP) is 3.01. The molecule has 0 atom stereocenters. The highest BCUT2D eigenvalue weighted by molar-refractivity contribution is 5.34. The van der Waals surface area contributed by atoms with Crippen LogP contribution in [0.15, 0.2) is 12.3 Å². The van der Waals surface area contributed by atoms with E-state index in [1.54, 1.807) is 19.9 Å². The van der Waals surface area contributed by atoms with Crippen LogP contribution >= 0.6 is 0 Å². The highest BCUT2D eigenvalue weighted by Gasteiger charge is 2.17. The van der Waals surface area contributed by atoms with Crippen LogP contribution in [0.25, 0.3) is 0 Å². The average Bonchev–Trinajstić information content (AvgIpc) is 2.16. The Bertz CT molecular complexity index is 367. The normalized spacial score (nSPS) is 10.6. The summed E-state index contributed by atoms with van der Waals surface area (Å²) >= 11 is 0. The zero-order valence-corrected chi connectivity index (χ0v) is 7.96. The van der Waals surface area contributed by atoms with Crippen LogP contribution in [0.4, 0.5) is 8.78 Å². The summed E-state index contributed by atoms with van der Waals surface area (Å²) in [6, 6.07) is 2.99. The summed E-state index contributed by atoms with van der Waals surface area (Å²) in [5, 5.41) is 8.54. The molecule has 0 fully saturated rings. The summed E-state index contributed by atoms with van der Waals surface area (Å²) in [5.41, 5.74) is 0.391. The van der Waals surface area contributed by atoms with Crippen molar-refractivity contribution in [1.82, 2.24) is 4.98 Å². The van der Waals surface area contributed by atoms with E-state index >= 15 is 0 Å². The van der Waals surface area contributed by atoms with Gasteiger partial charge in [-0.15, -0.1) is 0 Å². The Morgan fingerprint density at radius 1 is 1.43 bits per heavy atom. The van der Waals surface area contributed by atoms with Gasteiger partial charge in [-0.3, -0.25) is 4.98 Å². The molecule has 0 radical (unpaired) electrons. The molecule has 0 unspecified atom stereocenters. The lowest BCUT2D eigenvalue weighted by Gasteiger charge is -2.10. The first-order chi connectivity index (χ1) is 6.56. The van der Waals surface area contributed by atoms with E-state index in [0.717, 1.165) is 0 Å². The summed E-state index contributed by atoms with van der Waals surface area (Å²) in [6.45, 7) is 3.58. The van der Waals surface area contributed by atoms with Crippen LogP contribution in [0.5, 0.6) is 0 Å². The van der Waals surface area contributed by atoms with Crippen LogP contribution < -0.4 is 0 Å². The van der Waals surface area contributed by atoms with Crippen molar-refractivity contribution in [1.29, 1.82) is 5.26 Å². The van der Waals surface area contributed by atoms with Crippen molar-refractivity contribution < 1.29 is 8.78 Å². The predicted molar refractivity (Wildman–Crippen MR) is 48.0 cm³/mol. The highest BCUT2D eigenvalue weighted by Crippen LogP contribution is 2.27. The molecule has 0 saturated carbocycles. The zero-order chi connectivity index (χ0) is 10.7. The summed E-state index contributed by atoms with van der Waals surface area (Å²) in [7, 11) is 0. The van der Waals surface area contributed by atoms with Crippen molar-refractivity contribution in [2.45, 2.75) is 26.2 Å². The minimum absolute atomic E-state index is 0.0632. The molecule has 0 spiro atoms. The molecular weight excluding hydrogens is 186 g/mol. The maximum absolute atomic E-state index is 12.6. The van der Waals surface area contributed by atoms with E-state index in [2.05, 4.69) is 4.98 Å². The maximum Gasteiger partial charge on any atom is 0.265 e. The van der Waals surface area contributed by atoms with Gasteiger partial charge < -0.3 is 0 Å². The molecule has 0 saturated heterocycles. The van der Waals surface area contributed by atoms with Gasteiger partial charge >= 0.3 is 0 Å². The Balaban J connectivity index is 3.26. The number of aromatic nitrogens is 1. The first-order valence-electron chi connectivity index (χ1n) is 4.24. The number of hydrogen-bond donors (Lipinski definition) is 0. The van der Waals surface area contributed by atoms with Crippen molar-refractivity contribution in [3.05, 3.63) is 29.1 Å². The van der Waals surface area contributed by atoms with Crippen LogP contribution in [-0.2, 0) is 0 Å². The van der Waals surface area contributed by atoms with Crippen molar-refractivity contribution in [2.24, 2.45) is 0 Å². The van der Waals surface area contributed by atoms with Gasteiger partial charge in [-0.1, -0.05) is 13.8 Å². The van der Waals surface area contributed by atoms with Gasteiger partial charge in [0.25, 0.3) is 6.43 Å². The molecule has 0 aliphatic carbocycles. The van der Waals surface area contributed by atoms with Gasteiger partial charge in [0.1, 0.15) is 6.07 Å². The Morgan fingerprint density at radius 3 is 2.50 bits per heavy atom. The molecule has 1 rings (SSSR count). The molecule has 4 heteroatoms. The molecule has 0 N–H and O–H groups in total. The van der Waals surface area contributed by atoms with Crippen molar-refractivity contribution in [2.75, 3.05) is 0 Å². The van der Waals surface area contributed by atoms with E-state index < -0.39 is 6.43 Å². The number of halogens is 2. The van der Waals surface area contributed by atoms with E-state index in [9.17, 15) is 8.78 Å². The number of alkyl halides is 2. The molecule has 14 heavy (non-hydrogen) atoms.